The van der Waals surface area contributed by atoms with Gasteiger partial charge >= 0.3 is 0 Å². The highest BCUT2D eigenvalue weighted by atomic mass is 35.5. The van der Waals surface area contributed by atoms with E-state index in [1.165, 1.54) is 0 Å². The van der Waals surface area contributed by atoms with Gasteiger partial charge in [-0.25, -0.2) is 0 Å². The normalized spacial score (nSPS) is 13.5. The zero-order valence-corrected chi connectivity index (χ0v) is 10.9. The summed E-state index contributed by atoms with van der Waals surface area (Å²) in [6.07, 6.45) is 0. The Morgan fingerprint density at radius 2 is 2.00 bits per heavy atom. The lowest BCUT2D eigenvalue weighted by atomic mass is 10.0. The summed E-state index contributed by atoms with van der Waals surface area (Å²) >= 11 is 6.14. The van der Waals surface area contributed by atoms with Gasteiger partial charge in [0.2, 0.25) is 0 Å². The summed E-state index contributed by atoms with van der Waals surface area (Å²) in [6, 6.07) is 0.362. The molecule has 1 unspecified atom stereocenters. The second-order valence-corrected chi connectivity index (χ2v) is 4.68. The number of halogens is 1. The Balaban J connectivity index is 3.05. The lowest BCUT2D eigenvalue weighted by Gasteiger charge is -2.22. The number of rotatable bonds is 4. The second-order valence-electron chi connectivity index (χ2n) is 4.30. The minimum atomic E-state index is 0.362. The van der Waals surface area contributed by atoms with Crippen LogP contribution in [0.15, 0.2) is 0 Å². The third-order valence-corrected chi connectivity index (χ3v) is 3.28. The molecule has 0 saturated carbocycles. The van der Waals surface area contributed by atoms with Crippen molar-refractivity contribution >= 4 is 11.6 Å². The van der Waals surface area contributed by atoms with E-state index >= 15 is 0 Å². The highest BCUT2D eigenvalue weighted by molar-refractivity contribution is 6.31. The van der Waals surface area contributed by atoms with Crippen LogP contribution in [-0.2, 0) is 0 Å². The minimum Gasteiger partial charge on any atom is -0.318 e. The average Bonchev–Trinajstić information content (AvgIpc) is 2.42. The fourth-order valence-electron chi connectivity index (χ4n) is 1.78. The third kappa shape index (κ3) is 2.52. The Bertz CT molecular complexity index is 331. The number of aromatic nitrogens is 2. The Labute approximate surface area is 96.8 Å². The number of aryl methyl sites for hydroxylation is 1. The van der Waals surface area contributed by atoms with Crippen molar-refractivity contribution < 1.29 is 0 Å². The molecule has 0 aliphatic rings. The van der Waals surface area contributed by atoms with Crippen LogP contribution in [0.2, 0.25) is 5.02 Å². The molecule has 0 aliphatic carbocycles. The molecule has 1 N–H and O–H groups in total. The van der Waals surface area contributed by atoms with Crippen molar-refractivity contribution in [3.05, 3.63) is 16.4 Å². The molecule has 0 spiro atoms. The van der Waals surface area contributed by atoms with Crippen LogP contribution < -0.4 is 5.32 Å². The summed E-state index contributed by atoms with van der Waals surface area (Å²) in [7, 11) is 1.96. The van der Waals surface area contributed by atoms with Crippen molar-refractivity contribution in [1.82, 2.24) is 15.1 Å². The summed E-state index contributed by atoms with van der Waals surface area (Å²) in [5.74, 6) is 0.534. The van der Waals surface area contributed by atoms with E-state index in [-0.39, 0.29) is 0 Å². The summed E-state index contributed by atoms with van der Waals surface area (Å²) in [5.41, 5.74) is 1.97. The molecule has 0 aromatic carbocycles. The molecule has 1 rings (SSSR count). The van der Waals surface area contributed by atoms with E-state index < -0.39 is 0 Å². The van der Waals surface area contributed by atoms with Gasteiger partial charge in [-0.3, -0.25) is 4.68 Å². The van der Waals surface area contributed by atoms with Gasteiger partial charge < -0.3 is 5.32 Å². The highest BCUT2D eigenvalue weighted by Crippen LogP contribution is 2.25. The van der Waals surface area contributed by atoms with Gasteiger partial charge in [-0.05, 0) is 26.8 Å². The maximum Gasteiger partial charge on any atom is 0.0844 e. The number of likely N-dealkylation sites (N-methyl/N-ethyl adjacent to an activating group) is 1. The van der Waals surface area contributed by atoms with E-state index in [0.29, 0.717) is 12.0 Å². The Morgan fingerprint density at radius 3 is 2.33 bits per heavy atom. The Morgan fingerprint density at radius 1 is 1.40 bits per heavy atom. The van der Waals surface area contributed by atoms with Crippen molar-refractivity contribution in [3.63, 3.8) is 0 Å². The number of hydrogen-bond donors (Lipinski definition) is 1. The maximum atomic E-state index is 6.14. The van der Waals surface area contributed by atoms with E-state index in [1.54, 1.807) is 0 Å². The molecule has 1 aromatic heterocycles. The molecular weight excluding hydrogens is 210 g/mol. The molecule has 0 saturated heterocycles. The minimum absolute atomic E-state index is 0.362. The van der Waals surface area contributed by atoms with Crippen molar-refractivity contribution in [1.29, 1.82) is 0 Å². The van der Waals surface area contributed by atoms with Crippen LogP contribution in [-0.4, -0.2) is 23.4 Å². The first-order valence-corrected chi connectivity index (χ1v) is 5.72. The molecule has 3 nitrogen and oxygen atoms in total. The number of hydrogen-bond acceptors (Lipinski definition) is 2. The molecule has 1 atom stereocenters. The molecule has 86 valence electrons. The SMILES string of the molecule is CNCC(C(C)C)n1nc(C)c(Cl)c1C. The molecule has 4 heteroatoms. The van der Waals surface area contributed by atoms with Crippen molar-refractivity contribution in [2.24, 2.45) is 5.92 Å². The topological polar surface area (TPSA) is 29.9 Å². The Hall–Kier alpha value is -0.540. The second kappa shape index (κ2) is 4.99. The van der Waals surface area contributed by atoms with Crippen LogP contribution in [0.5, 0.6) is 0 Å². The molecule has 1 aromatic rings. The lowest BCUT2D eigenvalue weighted by molar-refractivity contribution is 0.331. The van der Waals surface area contributed by atoms with Crippen LogP contribution in [0.25, 0.3) is 0 Å². The quantitative estimate of drug-likeness (QED) is 0.860. The van der Waals surface area contributed by atoms with E-state index in [9.17, 15) is 0 Å². The van der Waals surface area contributed by atoms with Crippen LogP contribution in [0.1, 0.15) is 31.3 Å². The summed E-state index contributed by atoms with van der Waals surface area (Å²) in [6.45, 7) is 9.28. The molecule has 0 fully saturated rings. The molecular formula is C11H20ClN3. The van der Waals surface area contributed by atoms with Gasteiger partial charge in [0.15, 0.2) is 0 Å². The predicted octanol–water partition coefficient (Wildman–Crippen LogP) is 2.57. The molecule has 0 aliphatic heterocycles. The zero-order chi connectivity index (χ0) is 11.6. The van der Waals surface area contributed by atoms with Crippen LogP contribution in [0.3, 0.4) is 0 Å². The fourth-order valence-corrected chi connectivity index (χ4v) is 1.90. The van der Waals surface area contributed by atoms with Crippen LogP contribution in [0.4, 0.5) is 0 Å². The standard InChI is InChI=1S/C11H20ClN3/c1-7(2)10(6-13-5)15-9(4)11(12)8(3)14-15/h7,10,13H,6H2,1-5H3. The Kier molecular flexibility index (Phi) is 4.17. The fraction of sp³-hybridized carbons (Fsp3) is 0.727. The molecule has 0 radical (unpaired) electrons. The van der Waals surface area contributed by atoms with Crippen molar-refractivity contribution in [2.75, 3.05) is 13.6 Å². The van der Waals surface area contributed by atoms with Gasteiger partial charge in [0.05, 0.1) is 22.5 Å². The smallest absolute Gasteiger partial charge is 0.0844 e. The number of nitrogens with one attached hydrogen (secondary N) is 1. The van der Waals surface area contributed by atoms with Gasteiger partial charge in [-0.15, -0.1) is 0 Å². The lowest BCUT2D eigenvalue weighted by Crippen LogP contribution is -2.28. The summed E-state index contributed by atoms with van der Waals surface area (Å²) < 4.78 is 2.04. The third-order valence-electron chi connectivity index (χ3n) is 2.73. The van der Waals surface area contributed by atoms with E-state index in [1.807, 2.05) is 25.6 Å². The van der Waals surface area contributed by atoms with E-state index in [2.05, 4.69) is 24.3 Å². The first-order chi connectivity index (χ1) is 6.99. The van der Waals surface area contributed by atoms with Gasteiger partial charge in [0, 0.05) is 6.54 Å². The maximum absolute atomic E-state index is 6.14. The molecule has 0 amide bonds. The molecule has 15 heavy (non-hydrogen) atoms. The van der Waals surface area contributed by atoms with Gasteiger partial charge in [-0.2, -0.15) is 5.10 Å². The zero-order valence-electron chi connectivity index (χ0n) is 10.1. The molecule has 1 heterocycles. The van der Waals surface area contributed by atoms with E-state index in [0.717, 1.165) is 23.0 Å². The van der Waals surface area contributed by atoms with Crippen LogP contribution >= 0.6 is 11.6 Å². The van der Waals surface area contributed by atoms with Gasteiger partial charge in [-0.1, -0.05) is 25.4 Å². The van der Waals surface area contributed by atoms with Crippen LogP contribution in [0, 0.1) is 19.8 Å². The van der Waals surface area contributed by atoms with Gasteiger partial charge in [0.25, 0.3) is 0 Å². The average molecular weight is 230 g/mol. The summed E-state index contributed by atoms with van der Waals surface area (Å²) in [5, 5.41) is 8.48. The first kappa shape index (κ1) is 12.5. The predicted molar refractivity (Wildman–Crippen MR) is 64.5 cm³/mol. The largest absolute Gasteiger partial charge is 0.318 e. The number of nitrogens with zero attached hydrogens (tertiary/aromatic N) is 2. The highest BCUT2D eigenvalue weighted by Gasteiger charge is 2.20. The molecule has 0 bridgehead atoms. The van der Waals surface area contributed by atoms with Crippen molar-refractivity contribution in [3.8, 4) is 0 Å². The van der Waals surface area contributed by atoms with E-state index in [4.69, 9.17) is 11.6 Å². The van der Waals surface area contributed by atoms with Crippen molar-refractivity contribution in [2.45, 2.75) is 33.7 Å². The van der Waals surface area contributed by atoms with Gasteiger partial charge in [0.1, 0.15) is 0 Å². The first-order valence-electron chi connectivity index (χ1n) is 5.34. The summed E-state index contributed by atoms with van der Waals surface area (Å²) in [4.78, 5) is 0. The monoisotopic (exact) mass is 229 g/mol.